The van der Waals surface area contributed by atoms with Crippen LogP contribution >= 0.6 is 0 Å². The van der Waals surface area contributed by atoms with E-state index in [9.17, 15) is 19.5 Å². The zero-order valence-electron chi connectivity index (χ0n) is 9.34. The zero-order chi connectivity index (χ0) is 13.5. The maximum absolute atomic E-state index is 11.4. The summed E-state index contributed by atoms with van der Waals surface area (Å²) in [4.78, 5) is 32.5. The molecular formula is C11H11N2O5-. The van der Waals surface area contributed by atoms with Crippen molar-refractivity contribution in [2.75, 3.05) is 18.5 Å². The summed E-state index contributed by atoms with van der Waals surface area (Å²) in [5.41, 5.74) is 5.52. The van der Waals surface area contributed by atoms with Crippen molar-refractivity contribution in [2.45, 2.75) is 0 Å². The standard InChI is InChI=1S/C11H12N2O5/c12-11(17)7-3-1-2-4-8(7)13-9(14)5-18-6-10(15)16/h1-4H,5-6H2,(H2,12,17)(H,13,14)(H,15,16)/p-1. The molecule has 1 rings (SSSR count). The molecule has 0 aliphatic rings. The van der Waals surface area contributed by atoms with E-state index in [1.807, 2.05) is 0 Å². The van der Waals surface area contributed by atoms with Gasteiger partial charge < -0.3 is 25.7 Å². The molecule has 0 heterocycles. The molecule has 1 aromatic rings. The molecule has 0 aromatic heterocycles. The lowest BCUT2D eigenvalue weighted by Gasteiger charge is -2.09. The maximum atomic E-state index is 11.4. The van der Waals surface area contributed by atoms with Crippen LogP contribution < -0.4 is 16.2 Å². The fraction of sp³-hybridized carbons (Fsp3) is 0.182. The molecule has 18 heavy (non-hydrogen) atoms. The summed E-state index contributed by atoms with van der Waals surface area (Å²) in [6.07, 6.45) is 0. The molecule has 3 N–H and O–H groups in total. The molecule has 0 saturated carbocycles. The minimum Gasteiger partial charge on any atom is -0.548 e. The SMILES string of the molecule is NC(=O)c1ccccc1NC(=O)COCC(=O)[O-]. The Balaban J connectivity index is 2.59. The van der Waals surface area contributed by atoms with Gasteiger partial charge in [-0.25, -0.2) is 0 Å². The number of carboxylic acids is 1. The van der Waals surface area contributed by atoms with Gasteiger partial charge in [-0.05, 0) is 12.1 Å². The predicted molar refractivity (Wildman–Crippen MR) is 59.4 cm³/mol. The third kappa shape index (κ3) is 4.22. The normalized spacial score (nSPS) is 9.78. The van der Waals surface area contributed by atoms with Crippen LogP contribution in [0.3, 0.4) is 0 Å². The lowest BCUT2D eigenvalue weighted by atomic mass is 10.1. The van der Waals surface area contributed by atoms with Gasteiger partial charge >= 0.3 is 0 Å². The second kappa shape index (κ2) is 6.36. The minimum atomic E-state index is -1.42. The van der Waals surface area contributed by atoms with Crippen LogP contribution in [0.15, 0.2) is 24.3 Å². The Morgan fingerprint density at radius 3 is 2.50 bits per heavy atom. The number of para-hydroxylation sites is 1. The number of primary amides is 1. The molecule has 0 saturated heterocycles. The van der Waals surface area contributed by atoms with E-state index < -0.39 is 31.0 Å². The molecule has 7 nitrogen and oxygen atoms in total. The van der Waals surface area contributed by atoms with Gasteiger partial charge in [0, 0.05) is 0 Å². The highest BCUT2D eigenvalue weighted by Crippen LogP contribution is 2.13. The number of benzene rings is 1. The van der Waals surface area contributed by atoms with Crippen LogP contribution in [0.5, 0.6) is 0 Å². The summed E-state index contributed by atoms with van der Waals surface area (Å²) in [7, 11) is 0. The summed E-state index contributed by atoms with van der Waals surface area (Å²) in [6, 6.07) is 6.17. The number of hydrogen-bond acceptors (Lipinski definition) is 5. The summed E-state index contributed by atoms with van der Waals surface area (Å²) < 4.78 is 4.54. The van der Waals surface area contributed by atoms with Gasteiger partial charge in [0.2, 0.25) is 5.91 Å². The average Bonchev–Trinajstić information content (AvgIpc) is 2.28. The number of nitrogens with one attached hydrogen (secondary N) is 1. The van der Waals surface area contributed by atoms with Gasteiger partial charge in [0.25, 0.3) is 5.91 Å². The van der Waals surface area contributed by atoms with Gasteiger partial charge in [-0.2, -0.15) is 0 Å². The van der Waals surface area contributed by atoms with Crippen molar-refractivity contribution in [1.82, 2.24) is 0 Å². The molecule has 96 valence electrons. The number of hydrogen-bond donors (Lipinski definition) is 2. The Morgan fingerprint density at radius 1 is 1.22 bits per heavy atom. The Kier molecular flexibility index (Phi) is 4.82. The average molecular weight is 251 g/mol. The summed E-state index contributed by atoms with van der Waals surface area (Å²) >= 11 is 0. The smallest absolute Gasteiger partial charge is 0.250 e. The van der Waals surface area contributed by atoms with Gasteiger partial charge in [-0.15, -0.1) is 0 Å². The van der Waals surface area contributed by atoms with Crippen LogP contribution in [0.4, 0.5) is 5.69 Å². The van der Waals surface area contributed by atoms with E-state index >= 15 is 0 Å². The number of nitrogens with two attached hydrogens (primary N) is 1. The number of ether oxygens (including phenoxy) is 1. The summed E-state index contributed by atoms with van der Waals surface area (Å²) in [5.74, 6) is -2.69. The van der Waals surface area contributed by atoms with Crippen molar-refractivity contribution >= 4 is 23.5 Å². The van der Waals surface area contributed by atoms with Crippen molar-refractivity contribution in [2.24, 2.45) is 5.73 Å². The molecule has 7 heteroatoms. The molecule has 0 bridgehead atoms. The van der Waals surface area contributed by atoms with Gasteiger partial charge in [0.1, 0.15) is 6.61 Å². The molecule has 0 atom stereocenters. The van der Waals surface area contributed by atoms with E-state index in [0.717, 1.165) is 0 Å². The van der Waals surface area contributed by atoms with E-state index in [-0.39, 0.29) is 11.3 Å². The summed E-state index contributed by atoms with van der Waals surface area (Å²) in [6.45, 7) is -1.13. The highest BCUT2D eigenvalue weighted by atomic mass is 16.5. The van der Waals surface area contributed by atoms with Crippen LogP contribution in [0.25, 0.3) is 0 Å². The van der Waals surface area contributed by atoms with Crippen LogP contribution in [-0.4, -0.2) is 31.0 Å². The van der Waals surface area contributed by atoms with Crippen molar-refractivity contribution in [3.63, 3.8) is 0 Å². The Labute approximate surface area is 103 Å². The molecule has 1 aromatic carbocycles. The zero-order valence-corrected chi connectivity index (χ0v) is 9.34. The van der Waals surface area contributed by atoms with Crippen LogP contribution in [0.2, 0.25) is 0 Å². The monoisotopic (exact) mass is 251 g/mol. The Hall–Kier alpha value is -2.41. The maximum Gasteiger partial charge on any atom is 0.250 e. The Bertz CT molecular complexity index is 472. The third-order valence-corrected chi connectivity index (χ3v) is 1.92. The minimum absolute atomic E-state index is 0.158. The van der Waals surface area contributed by atoms with Gasteiger partial charge in [-0.1, -0.05) is 12.1 Å². The topological polar surface area (TPSA) is 122 Å². The fourth-order valence-corrected chi connectivity index (χ4v) is 1.22. The molecule has 0 radical (unpaired) electrons. The predicted octanol–water partition coefficient (Wildman–Crippen LogP) is -1.51. The van der Waals surface area contributed by atoms with E-state index in [1.165, 1.54) is 12.1 Å². The number of aliphatic carboxylic acids is 1. The lowest BCUT2D eigenvalue weighted by molar-refractivity contribution is -0.309. The molecule has 2 amide bonds. The number of rotatable bonds is 6. The first-order valence-corrected chi connectivity index (χ1v) is 4.97. The van der Waals surface area contributed by atoms with Gasteiger partial charge in [0.15, 0.2) is 0 Å². The highest BCUT2D eigenvalue weighted by Gasteiger charge is 2.10. The number of carboxylic acid groups (broad SMARTS) is 1. The van der Waals surface area contributed by atoms with Crippen molar-refractivity contribution in [3.05, 3.63) is 29.8 Å². The first-order chi connectivity index (χ1) is 8.50. The van der Waals surface area contributed by atoms with E-state index in [0.29, 0.717) is 0 Å². The third-order valence-electron chi connectivity index (χ3n) is 1.92. The largest absolute Gasteiger partial charge is 0.548 e. The second-order valence-electron chi connectivity index (χ2n) is 3.32. The first-order valence-electron chi connectivity index (χ1n) is 4.97. The lowest BCUT2D eigenvalue weighted by Crippen LogP contribution is -2.30. The van der Waals surface area contributed by atoms with Crippen LogP contribution in [-0.2, 0) is 14.3 Å². The Morgan fingerprint density at radius 2 is 1.89 bits per heavy atom. The number of carbonyl (C=O) groups is 3. The van der Waals surface area contributed by atoms with E-state index in [2.05, 4.69) is 10.1 Å². The molecule has 0 aliphatic heterocycles. The quantitative estimate of drug-likeness (QED) is 0.636. The van der Waals surface area contributed by atoms with Crippen molar-refractivity contribution in [1.29, 1.82) is 0 Å². The highest BCUT2D eigenvalue weighted by molar-refractivity contribution is 6.03. The van der Waals surface area contributed by atoms with Gasteiger partial charge in [-0.3, -0.25) is 9.59 Å². The first kappa shape index (κ1) is 13.7. The van der Waals surface area contributed by atoms with Crippen LogP contribution in [0.1, 0.15) is 10.4 Å². The molecule has 0 unspecified atom stereocenters. The van der Waals surface area contributed by atoms with E-state index in [4.69, 9.17) is 5.73 Å². The van der Waals surface area contributed by atoms with Crippen molar-refractivity contribution in [3.8, 4) is 0 Å². The molecular weight excluding hydrogens is 240 g/mol. The van der Waals surface area contributed by atoms with Crippen LogP contribution in [0, 0.1) is 0 Å². The number of anilines is 1. The molecule has 0 aliphatic carbocycles. The second-order valence-corrected chi connectivity index (χ2v) is 3.32. The van der Waals surface area contributed by atoms with Crippen molar-refractivity contribution < 1.29 is 24.2 Å². The van der Waals surface area contributed by atoms with Gasteiger partial charge in [0.05, 0.1) is 23.8 Å². The fourth-order valence-electron chi connectivity index (χ4n) is 1.22. The number of amides is 2. The molecule has 0 spiro atoms. The summed E-state index contributed by atoms with van der Waals surface area (Å²) in [5, 5.41) is 12.4. The molecule has 0 fully saturated rings. The van der Waals surface area contributed by atoms with E-state index in [1.54, 1.807) is 12.1 Å². The number of carbonyl (C=O) groups excluding carboxylic acids is 3.